The van der Waals surface area contributed by atoms with E-state index in [9.17, 15) is 4.79 Å². The predicted octanol–water partition coefficient (Wildman–Crippen LogP) is 3.65. The number of carbonyl (C=O) groups is 1. The van der Waals surface area contributed by atoms with E-state index in [1.54, 1.807) is 23.1 Å². The molecule has 0 atom stereocenters. The van der Waals surface area contributed by atoms with Gasteiger partial charge in [-0.2, -0.15) is 0 Å². The Hall–Kier alpha value is -1.97. The summed E-state index contributed by atoms with van der Waals surface area (Å²) < 4.78 is 3.27. The van der Waals surface area contributed by atoms with Crippen LogP contribution in [0.25, 0.3) is 15.2 Å². The zero-order valence-corrected chi connectivity index (χ0v) is 14.5. The Balaban J connectivity index is 1.58. The van der Waals surface area contributed by atoms with Crippen molar-refractivity contribution in [2.45, 2.75) is 17.8 Å². The maximum atomic E-state index is 11.0. The monoisotopic (exact) mass is 361 g/mol. The van der Waals surface area contributed by atoms with Crippen LogP contribution < -0.4 is 5.32 Å². The highest BCUT2D eigenvalue weighted by atomic mass is 32.2. The average Bonchev–Trinajstić information content (AvgIpc) is 3.19. The maximum Gasteiger partial charge on any atom is 0.223 e. The van der Waals surface area contributed by atoms with Gasteiger partial charge >= 0.3 is 0 Å². The summed E-state index contributed by atoms with van der Waals surface area (Å²) in [4.78, 5) is 16.3. The Kier molecular flexibility index (Phi) is 3.76. The number of hydrogen-bond acceptors (Lipinski definition) is 7. The van der Waals surface area contributed by atoms with Gasteiger partial charge in [-0.1, -0.05) is 35.2 Å². The second kappa shape index (κ2) is 5.91. The number of thiazole rings is 2. The van der Waals surface area contributed by atoms with Gasteiger partial charge in [-0.05, 0) is 12.1 Å². The van der Waals surface area contributed by atoms with Crippen molar-refractivity contribution >= 4 is 60.7 Å². The lowest BCUT2D eigenvalue weighted by molar-refractivity contribution is -0.114. The van der Waals surface area contributed by atoms with Gasteiger partial charge in [0.1, 0.15) is 0 Å². The number of nitrogens with zero attached hydrogens (tertiary/aromatic N) is 4. The molecule has 0 aliphatic heterocycles. The first kappa shape index (κ1) is 14.6. The lowest BCUT2D eigenvalue weighted by atomic mass is 10.3. The molecule has 0 aliphatic carbocycles. The third kappa shape index (κ3) is 2.82. The topological polar surface area (TPSA) is 72.2 Å². The maximum absolute atomic E-state index is 11.0. The first-order chi connectivity index (χ1) is 11.2. The fourth-order valence-electron chi connectivity index (χ4n) is 2.17. The Morgan fingerprint density at radius 3 is 3.09 bits per heavy atom. The van der Waals surface area contributed by atoms with Gasteiger partial charge in [0.25, 0.3) is 0 Å². The zero-order chi connectivity index (χ0) is 15.8. The average molecular weight is 361 g/mol. The van der Waals surface area contributed by atoms with Crippen LogP contribution in [0.3, 0.4) is 0 Å². The third-order valence-corrected chi connectivity index (χ3v) is 5.88. The van der Waals surface area contributed by atoms with Crippen molar-refractivity contribution in [1.29, 1.82) is 0 Å². The molecule has 6 nitrogen and oxygen atoms in total. The van der Waals surface area contributed by atoms with Crippen molar-refractivity contribution in [3.05, 3.63) is 35.3 Å². The van der Waals surface area contributed by atoms with Crippen LogP contribution in [0.5, 0.6) is 0 Å². The second-order valence-electron chi connectivity index (χ2n) is 4.78. The van der Waals surface area contributed by atoms with Gasteiger partial charge in [0.2, 0.25) is 10.9 Å². The number of amides is 1. The number of rotatable bonds is 4. The van der Waals surface area contributed by atoms with E-state index in [1.807, 2.05) is 17.5 Å². The zero-order valence-electron chi connectivity index (χ0n) is 12.0. The van der Waals surface area contributed by atoms with Crippen LogP contribution >= 0.6 is 34.4 Å². The first-order valence-corrected chi connectivity index (χ1v) is 9.46. The van der Waals surface area contributed by atoms with Gasteiger partial charge in [0.05, 0.1) is 15.9 Å². The number of fused-ring (bicyclic) bond motifs is 3. The summed E-state index contributed by atoms with van der Waals surface area (Å²) in [6, 6.07) is 8.20. The van der Waals surface area contributed by atoms with Crippen molar-refractivity contribution in [1.82, 2.24) is 19.6 Å². The SMILES string of the molecule is CC(=O)Nc1nc(CSc2nnc3sc4ccccc4n23)cs1. The van der Waals surface area contributed by atoms with Crippen LogP contribution in [-0.4, -0.2) is 25.5 Å². The van der Waals surface area contributed by atoms with Crippen molar-refractivity contribution in [2.75, 3.05) is 5.32 Å². The minimum atomic E-state index is -0.109. The van der Waals surface area contributed by atoms with Crippen LogP contribution in [0, 0.1) is 0 Å². The third-order valence-electron chi connectivity index (χ3n) is 3.09. The first-order valence-electron chi connectivity index (χ1n) is 6.78. The molecule has 0 unspecified atom stereocenters. The number of hydrogen-bond donors (Lipinski definition) is 1. The molecule has 0 bridgehead atoms. The Morgan fingerprint density at radius 2 is 2.22 bits per heavy atom. The van der Waals surface area contributed by atoms with Gasteiger partial charge in [0.15, 0.2) is 10.3 Å². The molecular weight excluding hydrogens is 350 g/mol. The van der Waals surface area contributed by atoms with Crippen LogP contribution in [0.1, 0.15) is 12.6 Å². The van der Waals surface area contributed by atoms with E-state index in [0.29, 0.717) is 10.9 Å². The minimum Gasteiger partial charge on any atom is -0.302 e. The molecular formula is C14H11N5OS3. The number of anilines is 1. The highest BCUT2D eigenvalue weighted by Crippen LogP contribution is 2.31. The van der Waals surface area contributed by atoms with E-state index in [4.69, 9.17) is 0 Å². The molecule has 1 N–H and O–H groups in total. The van der Waals surface area contributed by atoms with Crippen molar-refractivity contribution < 1.29 is 4.79 Å². The molecule has 0 radical (unpaired) electrons. The molecule has 116 valence electrons. The molecule has 0 saturated heterocycles. The van der Waals surface area contributed by atoms with Crippen molar-refractivity contribution in [3.63, 3.8) is 0 Å². The summed E-state index contributed by atoms with van der Waals surface area (Å²) in [5.41, 5.74) is 2.04. The van der Waals surface area contributed by atoms with Gasteiger partial charge in [-0.15, -0.1) is 21.5 Å². The van der Waals surface area contributed by atoms with Crippen LogP contribution in [0.4, 0.5) is 5.13 Å². The standard InChI is InChI=1S/C14H11N5OS3/c1-8(20)15-12-16-9(6-21-12)7-22-13-17-18-14-19(13)10-4-2-3-5-11(10)23-14/h2-6H,7H2,1H3,(H,15,16,20). The number of thioether (sulfide) groups is 1. The molecule has 0 saturated carbocycles. The normalized spacial score (nSPS) is 11.3. The van der Waals surface area contributed by atoms with E-state index < -0.39 is 0 Å². The summed E-state index contributed by atoms with van der Waals surface area (Å²) in [7, 11) is 0. The Bertz CT molecular complexity index is 1000. The highest BCUT2D eigenvalue weighted by molar-refractivity contribution is 7.98. The summed E-state index contributed by atoms with van der Waals surface area (Å²) in [5.74, 6) is 0.573. The second-order valence-corrected chi connectivity index (χ2v) is 7.59. The molecule has 4 aromatic rings. The van der Waals surface area contributed by atoms with E-state index in [1.165, 1.54) is 23.0 Å². The molecule has 0 aliphatic rings. The molecule has 4 rings (SSSR count). The summed E-state index contributed by atoms with van der Waals surface area (Å²) in [6.07, 6.45) is 0. The van der Waals surface area contributed by atoms with Crippen LogP contribution in [0.2, 0.25) is 0 Å². The molecule has 9 heteroatoms. The van der Waals surface area contributed by atoms with Gasteiger partial charge < -0.3 is 5.32 Å². The van der Waals surface area contributed by atoms with E-state index in [2.05, 4.69) is 37.0 Å². The predicted molar refractivity (Wildman–Crippen MR) is 94.3 cm³/mol. The molecule has 1 amide bonds. The number of carbonyl (C=O) groups excluding carboxylic acids is 1. The lowest BCUT2D eigenvalue weighted by Gasteiger charge is -1.97. The molecule has 0 fully saturated rings. The Morgan fingerprint density at radius 1 is 1.35 bits per heavy atom. The van der Waals surface area contributed by atoms with E-state index in [-0.39, 0.29) is 5.91 Å². The largest absolute Gasteiger partial charge is 0.302 e. The highest BCUT2D eigenvalue weighted by Gasteiger charge is 2.13. The number of aromatic nitrogens is 4. The van der Waals surface area contributed by atoms with Crippen molar-refractivity contribution in [3.8, 4) is 0 Å². The fraction of sp³-hybridized carbons (Fsp3) is 0.143. The van der Waals surface area contributed by atoms with E-state index >= 15 is 0 Å². The summed E-state index contributed by atoms with van der Waals surface area (Å²) >= 11 is 4.64. The fourth-order valence-corrected chi connectivity index (χ4v) is 4.89. The molecule has 0 spiro atoms. The molecule has 23 heavy (non-hydrogen) atoms. The lowest BCUT2D eigenvalue weighted by Crippen LogP contribution is -2.05. The van der Waals surface area contributed by atoms with Crippen LogP contribution in [-0.2, 0) is 10.5 Å². The van der Waals surface area contributed by atoms with Gasteiger partial charge in [-0.3, -0.25) is 9.20 Å². The Labute approximate surface area is 143 Å². The van der Waals surface area contributed by atoms with Gasteiger partial charge in [0, 0.05) is 18.1 Å². The van der Waals surface area contributed by atoms with Gasteiger partial charge in [-0.25, -0.2) is 4.98 Å². The van der Waals surface area contributed by atoms with Crippen LogP contribution in [0.15, 0.2) is 34.8 Å². The molecule has 1 aromatic carbocycles. The smallest absolute Gasteiger partial charge is 0.223 e. The van der Waals surface area contributed by atoms with Crippen molar-refractivity contribution in [2.24, 2.45) is 0 Å². The quantitative estimate of drug-likeness (QED) is 0.562. The number of nitrogens with one attached hydrogen (secondary N) is 1. The number of para-hydroxylation sites is 1. The number of benzene rings is 1. The molecule has 3 heterocycles. The minimum absolute atomic E-state index is 0.109. The summed E-state index contributed by atoms with van der Waals surface area (Å²) in [5, 5.41) is 14.6. The van der Waals surface area contributed by atoms with E-state index in [0.717, 1.165) is 21.3 Å². The summed E-state index contributed by atoms with van der Waals surface area (Å²) in [6.45, 7) is 1.48. The molecule has 3 aromatic heterocycles.